The highest BCUT2D eigenvalue weighted by molar-refractivity contribution is 5.78. The minimum absolute atomic E-state index is 0.125. The van der Waals surface area contributed by atoms with Crippen molar-refractivity contribution in [3.8, 4) is 0 Å². The first-order chi connectivity index (χ1) is 14.7. The molecule has 2 aromatic carbocycles. The number of piperidine rings is 1. The number of nitrogens with one attached hydrogen (secondary N) is 1. The van der Waals surface area contributed by atoms with Crippen LogP contribution in [0.2, 0.25) is 0 Å². The van der Waals surface area contributed by atoms with Crippen molar-refractivity contribution in [2.45, 2.75) is 44.7 Å². The van der Waals surface area contributed by atoms with Crippen LogP contribution in [0.5, 0.6) is 0 Å². The monoisotopic (exact) mass is 405 g/mol. The Hall–Kier alpha value is -2.66. The predicted molar refractivity (Wildman–Crippen MR) is 118 cm³/mol. The summed E-state index contributed by atoms with van der Waals surface area (Å²) in [6, 6.07) is 18.8. The Morgan fingerprint density at radius 2 is 1.60 bits per heavy atom. The van der Waals surface area contributed by atoms with Crippen LogP contribution in [-0.4, -0.2) is 53.8 Å². The zero-order valence-electron chi connectivity index (χ0n) is 17.6. The van der Waals surface area contributed by atoms with Gasteiger partial charge in [0.25, 0.3) is 0 Å². The molecule has 30 heavy (non-hydrogen) atoms. The van der Waals surface area contributed by atoms with Crippen LogP contribution < -0.4 is 5.32 Å². The lowest BCUT2D eigenvalue weighted by Crippen LogP contribution is -2.48. The van der Waals surface area contributed by atoms with Crippen molar-refractivity contribution in [1.29, 1.82) is 0 Å². The zero-order chi connectivity index (χ0) is 20.8. The van der Waals surface area contributed by atoms with Crippen LogP contribution in [0.4, 0.5) is 0 Å². The third-order valence-corrected chi connectivity index (χ3v) is 6.28. The van der Waals surface area contributed by atoms with Gasteiger partial charge >= 0.3 is 0 Å². The molecular weight excluding hydrogens is 374 g/mol. The Bertz CT molecular complexity index is 860. The van der Waals surface area contributed by atoms with Crippen LogP contribution in [0.25, 0.3) is 0 Å². The maximum Gasteiger partial charge on any atom is 0.237 e. The molecule has 0 radical (unpaired) electrons. The van der Waals surface area contributed by atoms with Crippen molar-refractivity contribution in [3.05, 3.63) is 71.3 Å². The molecule has 158 valence electrons. The molecule has 0 bridgehead atoms. The fraction of sp³-hybridized carbons (Fsp3) is 0.440. The maximum atomic E-state index is 12.8. The number of benzene rings is 2. The first-order valence-corrected chi connectivity index (χ1v) is 11.1. The van der Waals surface area contributed by atoms with Crippen molar-refractivity contribution >= 4 is 11.8 Å². The van der Waals surface area contributed by atoms with E-state index in [0.29, 0.717) is 13.0 Å². The average molecular weight is 406 g/mol. The van der Waals surface area contributed by atoms with Gasteiger partial charge in [-0.2, -0.15) is 0 Å². The number of rotatable bonds is 6. The largest absolute Gasteiger partial charge is 0.353 e. The summed E-state index contributed by atoms with van der Waals surface area (Å²) in [4.78, 5) is 29.3. The van der Waals surface area contributed by atoms with Crippen LogP contribution in [0.15, 0.2) is 54.6 Å². The van der Waals surface area contributed by atoms with Crippen LogP contribution in [0, 0.1) is 0 Å². The normalized spacial score (nSPS) is 17.4. The van der Waals surface area contributed by atoms with Crippen molar-refractivity contribution < 1.29 is 9.59 Å². The first-order valence-electron chi connectivity index (χ1n) is 11.1. The van der Waals surface area contributed by atoms with Gasteiger partial charge in [0.1, 0.15) is 0 Å². The van der Waals surface area contributed by atoms with Crippen molar-refractivity contribution in [2.75, 3.05) is 26.2 Å². The summed E-state index contributed by atoms with van der Waals surface area (Å²) < 4.78 is 0. The standard InChI is InChI=1S/C25H31N3O2/c29-24(11-10-20-6-2-1-3-7-20)26-23-13-15-27(16-14-23)19-25(30)28-17-12-21-8-4-5-9-22(21)18-28/h1-9,23H,10-19H2,(H,26,29). The van der Waals surface area contributed by atoms with E-state index in [2.05, 4.69) is 40.5 Å². The molecule has 0 unspecified atom stereocenters. The van der Waals surface area contributed by atoms with Gasteiger partial charge in [-0.3, -0.25) is 14.5 Å². The molecule has 2 heterocycles. The number of hydrogen-bond donors (Lipinski definition) is 1. The highest BCUT2D eigenvalue weighted by atomic mass is 16.2. The third kappa shape index (κ3) is 5.48. The molecule has 2 aromatic rings. The number of carbonyl (C=O) groups is 2. The van der Waals surface area contributed by atoms with Gasteiger partial charge in [-0.1, -0.05) is 54.6 Å². The Kier molecular flexibility index (Phi) is 6.80. The maximum absolute atomic E-state index is 12.8. The zero-order valence-corrected chi connectivity index (χ0v) is 17.6. The molecule has 4 rings (SSSR count). The van der Waals surface area contributed by atoms with Crippen LogP contribution in [0.3, 0.4) is 0 Å². The molecular formula is C25H31N3O2. The lowest BCUT2D eigenvalue weighted by atomic mass is 10.00. The van der Waals surface area contributed by atoms with E-state index < -0.39 is 0 Å². The molecule has 5 nitrogen and oxygen atoms in total. The Balaban J connectivity index is 1.17. The number of carbonyl (C=O) groups excluding carboxylic acids is 2. The number of hydrogen-bond acceptors (Lipinski definition) is 3. The molecule has 2 aliphatic rings. The second kappa shape index (κ2) is 9.90. The first kappa shape index (κ1) is 20.6. The van der Waals surface area contributed by atoms with Crippen molar-refractivity contribution in [1.82, 2.24) is 15.1 Å². The van der Waals surface area contributed by atoms with E-state index >= 15 is 0 Å². The molecule has 0 aliphatic carbocycles. The molecule has 1 N–H and O–H groups in total. The summed E-state index contributed by atoms with van der Waals surface area (Å²) in [5, 5.41) is 3.18. The fourth-order valence-electron chi connectivity index (χ4n) is 4.44. The minimum atomic E-state index is 0.125. The lowest BCUT2D eigenvalue weighted by molar-refractivity contribution is -0.134. The van der Waals surface area contributed by atoms with Gasteiger partial charge in [-0.15, -0.1) is 0 Å². The van der Waals surface area contributed by atoms with E-state index in [9.17, 15) is 9.59 Å². The molecule has 0 saturated carbocycles. The molecule has 0 aromatic heterocycles. The van der Waals surface area contributed by atoms with Gasteiger partial charge in [0.05, 0.1) is 6.54 Å². The Morgan fingerprint density at radius 1 is 0.900 bits per heavy atom. The number of aryl methyl sites for hydroxylation is 1. The Morgan fingerprint density at radius 3 is 2.37 bits per heavy atom. The van der Waals surface area contributed by atoms with E-state index in [-0.39, 0.29) is 17.9 Å². The summed E-state index contributed by atoms with van der Waals surface area (Å²) in [7, 11) is 0. The van der Waals surface area contributed by atoms with Crippen LogP contribution in [0.1, 0.15) is 36.0 Å². The molecule has 2 aliphatic heterocycles. The molecule has 5 heteroatoms. The highest BCUT2D eigenvalue weighted by Gasteiger charge is 2.25. The van der Waals surface area contributed by atoms with E-state index in [1.54, 1.807) is 0 Å². The summed E-state index contributed by atoms with van der Waals surface area (Å²) in [5.41, 5.74) is 3.83. The van der Waals surface area contributed by atoms with Gasteiger partial charge in [0.2, 0.25) is 11.8 Å². The average Bonchev–Trinajstić information content (AvgIpc) is 2.79. The summed E-state index contributed by atoms with van der Waals surface area (Å²) in [6.45, 7) is 3.74. The van der Waals surface area contributed by atoms with E-state index in [0.717, 1.165) is 51.9 Å². The van der Waals surface area contributed by atoms with Crippen molar-refractivity contribution in [2.24, 2.45) is 0 Å². The quantitative estimate of drug-likeness (QED) is 0.804. The molecule has 0 spiro atoms. The van der Waals surface area contributed by atoms with E-state index in [1.165, 1.54) is 16.7 Å². The second-order valence-corrected chi connectivity index (χ2v) is 8.44. The van der Waals surface area contributed by atoms with E-state index in [1.807, 2.05) is 29.2 Å². The van der Waals surface area contributed by atoms with Gasteiger partial charge < -0.3 is 10.2 Å². The minimum Gasteiger partial charge on any atom is -0.353 e. The molecule has 0 atom stereocenters. The lowest BCUT2D eigenvalue weighted by Gasteiger charge is -2.34. The van der Waals surface area contributed by atoms with Gasteiger partial charge in [-0.25, -0.2) is 0 Å². The molecule has 1 saturated heterocycles. The van der Waals surface area contributed by atoms with Crippen LogP contribution in [-0.2, 0) is 29.0 Å². The van der Waals surface area contributed by atoms with Gasteiger partial charge in [0, 0.05) is 38.6 Å². The second-order valence-electron chi connectivity index (χ2n) is 8.44. The highest BCUT2D eigenvalue weighted by Crippen LogP contribution is 2.19. The summed E-state index contributed by atoms with van der Waals surface area (Å²) in [6.07, 6.45) is 4.07. The molecule has 1 fully saturated rings. The Labute approximate surface area is 179 Å². The number of amides is 2. The van der Waals surface area contributed by atoms with Crippen molar-refractivity contribution in [3.63, 3.8) is 0 Å². The van der Waals surface area contributed by atoms with Gasteiger partial charge in [-0.05, 0) is 42.4 Å². The van der Waals surface area contributed by atoms with Gasteiger partial charge in [0.15, 0.2) is 0 Å². The SMILES string of the molecule is O=C(CCc1ccccc1)NC1CCN(CC(=O)N2CCc3ccccc3C2)CC1. The predicted octanol–water partition coefficient (Wildman–Crippen LogP) is 2.78. The summed E-state index contributed by atoms with van der Waals surface area (Å²) >= 11 is 0. The smallest absolute Gasteiger partial charge is 0.237 e. The van der Waals surface area contributed by atoms with Crippen LogP contribution >= 0.6 is 0 Å². The number of nitrogens with zero attached hydrogens (tertiary/aromatic N) is 2. The summed E-state index contributed by atoms with van der Waals surface area (Å²) in [5.74, 6) is 0.343. The topological polar surface area (TPSA) is 52.7 Å². The number of fused-ring (bicyclic) bond motifs is 1. The third-order valence-electron chi connectivity index (χ3n) is 6.28. The molecule has 2 amide bonds. The fourth-order valence-corrected chi connectivity index (χ4v) is 4.44. The van der Waals surface area contributed by atoms with E-state index in [4.69, 9.17) is 0 Å². The number of likely N-dealkylation sites (tertiary alicyclic amines) is 1.